The molecule has 0 aliphatic heterocycles. The van der Waals surface area contributed by atoms with Crippen LogP contribution in [0.1, 0.15) is 23.2 Å². The fourth-order valence-corrected chi connectivity index (χ4v) is 2.45. The zero-order valence-electron chi connectivity index (χ0n) is 15.8. The number of hydrogen-bond donors (Lipinski definition) is 0. The highest BCUT2D eigenvalue weighted by Crippen LogP contribution is 2.28. The third-order valence-electron chi connectivity index (χ3n) is 3.84. The Kier molecular flexibility index (Phi) is 6.11. The quantitative estimate of drug-likeness (QED) is 0.545. The minimum absolute atomic E-state index is 0.141. The fraction of sp³-hybridized carbons (Fsp3) is 0.250. The summed E-state index contributed by atoms with van der Waals surface area (Å²) >= 11 is 0. The molecular formula is C20H20N2O6. The van der Waals surface area contributed by atoms with Crippen LogP contribution in [0.5, 0.6) is 17.2 Å². The summed E-state index contributed by atoms with van der Waals surface area (Å²) in [4.78, 5) is 16.5. The van der Waals surface area contributed by atoms with E-state index in [-0.39, 0.29) is 12.5 Å². The van der Waals surface area contributed by atoms with Crippen LogP contribution in [0.25, 0.3) is 11.4 Å². The molecule has 0 N–H and O–H groups in total. The van der Waals surface area contributed by atoms with E-state index in [9.17, 15) is 4.79 Å². The number of methoxy groups -OCH3 is 2. The van der Waals surface area contributed by atoms with Gasteiger partial charge in [-0.15, -0.1) is 0 Å². The van der Waals surface area contributed by atoms with Crippen molar-refractivity contribution >= 4 is 5.97 Å². The first-order chi connectivity index (χ1) is 13.6. The van der Waals surface area contributed by atoms with Crippen LogP contribution in [0.15, 0.2) is 47.0 Å². The van der Waals surface area contributed by atoms with Gasteiger partial charge in [-0.25, -0.2) is 4.79 Å². The normalized spacial score (nSPS) is 10.4. The number of benzene rings is 2. The van der Waals surface area contributed by atoms with Gasteiger partial charge in [0.05, 0.1) is 26.4 Å². The monoisotopic (exact) mass is 384 g/mol. The Morgan fingerprint density at radius 3 is 2.50 bits per heavy atom. The van der Waals surface area contributed by atoms with E-state index in [1.54, 1.807) is 37.4 Å². The number of carbonyl (C=O) groups is 1. The van der Waals surface area contributed by atoms with E-state index in [2.05, 4.69) is 10.1 Å². The second-order valence-electron chi connectivity index (χ2n) is 5.62. The van der Waals surface area contributed by atoms with Crippen molar-refractivity contribution in [1.82, 2.24) is 10.1 Å². The molecule has 3 rings (SSSR count). The van der Waals surface area contributed by atoms with Crippen molar-refractivity contribution in [3.05, 3.63) is 53.9 Å². The molecular weight excluding hydrogens is 364 g/mol. The number of rotatable bonds is 8. The summed E-state index contributed by atoms with van der Waals surface area (Å²) in [5.41, 5.74) is 1.10. The van der Waals surface area contributed by atoms with E-state index >= 15 is 0 Å². The maximum atomic E-state index is 12.3. The van der Waals surface area contributed by atoms with Gasteiger partial charge in [0.2, 0.25) is 5.82 Å². The first-order valence-corrected chi connectivity index (χ1v) is 8.59. The van der Waals surface area contributed by atoms with Crippen molar-refractivity contribution in [2.45, 2.75) is 13.5 Å². The number of nitrogens with zero attached hydrogens (tertiary/aromatic N) is 2. The largest absolute Gasteiger partial charge is 0.497 e. The highest BCUT2D eigenvalue weighted by Gasteiger charge is 2.15. The molecule has 0 atom stereocenters. The molecule has 1 heterocycles. The molecule has 0 amide bonds. The van der Waals surface area contributed by atoms with Gasteiger partial charge in [0.1, 0.15) is 5.75 Å². The first-order valence-electron chi connectivity index (χ1n) is 8.59. The van der Waals surface area contributed by atoms with Crippen LogP contribution >= 0.6 is 0 Å². The highest BCUT2D eigenvalue weighted by atomic mass is 16.6. The van der Waals surface area contributed by atoms with Gasteiger partial charge in [-0.1, -0.05) is 5.16 Å². The third-order valence-corrected chi connectivity index (χ3v) is 3.84. The van der Waals surface area contributed by atoms with Gasteiger partial charge in [0.25, 0.3) is 5.89 Å². The summed E-state index contributed by atoms with van der Waals surface area (Å²) in [6, 6.07) is 12.0. The molecule has 0 saturated carbocycles. The fourth-order valence-electron chi connectivity index (χ4n) is 2.45. The van der Waals surface area contributed by atoms with Crippen LogP contribution in [0.2, 0.25) is 0 Å². The van der Waals surface area contributed by atoms with Crippen molar-refractivity contribution in [1.29, 1.82) is 0 Å². The molecule has 0 bridgehead atoms. The topological polar surface area (TPSA) is 92.9 Å². The highest BCUT2D eigenvalue weighted by molar-refractivity contribution is 5.90. The van der Waals surface area contributed by atoms with Crippen LogP contribution in [0.3, 0.4) is 0 Å². The van der Waals surface area contributed by atoms with Gasteiger partial charge in [0.15, 0.2) is 18.1 Å². The maximum Gasteiger partial charge on any atom is 0.338 e. The summed E-state index contributed by atoms with van der Waals surface area (Å²) in [6.45, 7) is 2.16. The van der Waals surface area contributed by atoms with Crippen molar-refractivity contribution in [2.24, 2.45) is 0 Å². The average Bonchev–Trinajstić information content (AvgIpc) is 3.21. The molecule has 0 aliphatic rings. The van der Waals surface area contributed by atoms with Gasteiger partial charge < -0.3 is 23.5 Å². The standard InChI is InChI=1S/C20H20N2O6/c1-4-26-17-11-14(7-10-16(17)25-3)20(23)27-12-18-21-19(22-28-18)13-5-8-15(24-2)9-6-13/h5-11H,4,12H2,1-3H3. The minimum atomic E-state index is -0.534. The Morgan fingerprint density at radius 1 is 1.04 bits per heavy atom. The van der Waals surface area contributed by atoms with Gasteiger partial charge in [-0.3, -0.25) is 0 Å². The molecule has 0 saturated heterocycles. The second kappa shape index (κ2) is 8.90. The lowest BCUT2D eigenvalue weighted by molar-refractivity contribution is 0.0429. The Bertz CT molecular complexity index is 936. The van der Waals surface area contributed by atoms with Gasteiger partial charge in [-0.2, -0.15) is 4.98 Å². The van der Waals surface area contributed by atoms with Crippen LogP contribution in [-0.2, 0) is 11.3 Å². The van der Waals surface area contributed by atoms with E-state index in [1.807, 2.05) is 19.1 Å². The number of carbonyl (C=O) groups excluding carboxylic acids is 1. The van der Waals surface area contributed by atoms with Crippen LogP contribution in [-0.4, -0.2) is 36.9 Å². The predicted octanol–water partition coefficient (Wildman–Crippen LogP) is 3.51. The lowest BCUT2D eigenvalue weighted by Gasteiger charge is -2.10. The Labute approximate surface area is 162 Å². The van der Waals surface area contributed by atoms with Crippen molar-refractivity contribution in [3.8, 4) is 28.6 Å². The predicted molar refractivity (Wildman–Crippen MR) is 99.6 cm³/mol. The van der Waals surface area contributed by atoms with E-state index in [4.69, 9.17) is 23.5 Å². The molecule has 8 nitrogen and oxygen atoms in total. The van der Waals surface area contributed by atoms with Crippen molar-refractivity contribution in [2.75, 3.05) is 20.8 Å². The zero-order chi connectivity index (χ0) is 19.9. The van der Waals surface area contributed by atoms with Crippen LogP contribution in [0, 0.1) is 0 Å². The summed E-state index contributed by atoms with van der Waals surface area (Å²) in [5, 5.41) is 3.90. The smallest absolute Gasteiger partial charge is 0.338 e. The summed E-state index contributed by atoms with van der Waals surface area (Å²) in [5.74, 6) is 1.80. The second-order valence-corrected chi connectivity index (χ2v) is 5.62. The summed E-state index contributed by atoms with van der Waals surface area (Å²) < 4.78 is 26.2. The molecule has 0 fully saturated rings. The minimum Gasteiger partial charge on any atom is -0.497 e. The molecule has 146 valence electrons. The Morgan fingerprint density at radius 2 is 1.82 bits per heavy atom. The average molecular weight is 384 g/mol. The van der Waals surface area contributed by atoms with Crippen LogP contribution < -0.4 is 14.2 Å². The van der Waals surface area contributed by atoms with Gasteiger partial charge >= 0.3 is 5.97 Å². The number of aromatic nitrogens is 2. The summed E-state index contributed by atoms with van der Waals surface area (Å²) in [7, 11) is 3.13. The zero-order valence-corrected chi connectivity index (χ0v) is 15.8. The van der Waals surface area contributed by atoms with Gasteiger partial charge in [0, 0.05) is 5.56 Å². The molecule has 0 unspecified atom stereocenters. The van der Waals surface area contributed by atoms with E-state index in [1.165, 1.54) is 7.11 Å². The SMILES string of the molecule is CCOc1cc(C(=O)OCc2nc(-c3ccc(OC)cc3)no2)ccc1OC. The van der Waals surface area contributed by atoms with Gasteiger partial charge in [-0.05, 0) is 49.4 Å². The first kappa shape index (κ1) is 19.2. The number of esters is 1. The maximum absolute atomic E-state index is 12.3. The molecule has 0 radical (unpaired) electrons. The van der Waals surface area contributed by atoms with Crippen molar-refractivity contribution < 1.29 is 28.3 Å². The van der Waals surface area contributed by atoms with E-state index in [0.717, 1.165) is 11.3 Å². The Balaban J connectivity index is 1.65. The van der Waals surface area contributed by atoms with Crippen LogP contribution in [0.4, 0.5) is 0 Å². The summed E-state index contributed by atoms with van der Waals surface area (Å²) in [6.07, 6.45) is 0. The molecule has 0 spiro atoms. The molecule has 1 aromatic heterocycles. The molecule has 0 aliphatic carbocycles. The third kappa shape index (κ3) is 4.40. The number of ether oxygens (including phenoxy) is 4. The lowest BCUT2D eigenvalue weighted by Crippen LogP contribution is -2.06. The molecule has 28 heavy (non-hydrogen) atoms. The van der Waals surface area contributed by atoms with E-state index in [0.29, 0.717) is 29.5 Å². The molecule has 2 aromatic carbocycles. The number of hydrogen-bond acceptors (Lipinski definition) is 8. The van der Waals surface area contributed by atoms with Crippen molar-refractivity contribution in [3.63, 3.8) is 0 Å². The lowest BCUT2D eigenvalue weighted by atomic mass is 10.2. The van der Waals surface area contributed by atoms with E-state index < -0.39 is 5.97 Å². The molecule has 3 aromatic rings. The Hall–Kier alpha value is -3.55. The molecule has 8 heteroatoms.